The predicted octanol–water partition coefficient (Wildman–Crippen LogP) is 4.15. The van der Waals surface area contributed by atoms with E-state index in [1.165, 1.54) is 12.8 Å². The molecule has 1 fully saturated rings. The summed E-state index contributed by atoms with van der Waals surface area (Å²) in [5.74, 6) is 3.22. The van der Waals surface area contributed by atoms with Crippen LogP contribution in [0.25, 0.3) is 0 Å². The number of methoxy groups -OCH3 is 1. The third-order valence-electron chi connectivity index (χ3n) is 5.39. The van der Waals surface area contributed by atoms with Gasteiger partial charge in [-0.1, -0.05) is 17.3 Å². The molecule has 30 heavy (non-hydrogen) atoms. The first-order chi connectivity index (χ1) is 14.1. The van der Waals surface area contributed by atoms with Crippen molar-refractivity contribution >= 4 is 29.9 Å². The van der Waals surface area contributed by atoms with Gasteiger partial charge in [-0.25, -0.2) is 0 Å². The minimum atomic E-state index is 0. The molecule has 166 valence electrons. The summed E-state index contributed by atoms with van der Waals surface area (Å²) < 4.78 is 17.1. The van der Waals surface area contributed by atoms with Crippen molar-refractivity contribution in [3.63, 3.8) is 0 Å². The van der Waals surface area contributed by atoms with Gasteiger partial charge in [-0.3, -0.25) is 4.99 Å². The predicted molar refractivity (Wildman–Crippen MR) is 129 cm³/mol. The second-order valence-corrected chi connectivity index (χ2v) is 7.38. The Balaban J connectivity index is 0.00000320. The normalized spacial score (nSPS) is 14.3. The monoisotopic (exact) mass is 528 g/mol. The van der Waals surface area contributed by atoms with Crippen molar-refractivity contribution in [2.45, 2.75) is 58.6 Å². The van der Waals surface area contributed by atoms with Crippen molar-refractivity contribution in [3.8, 4) is 11.5 Å². The van der Waals surface area contributed by atoms with Crippen LogP contribution < -0.4 is 20.1 Å². The molecular formula is C22H33IN4O3. The molecule has 3 rings (SSSR count). The Labute approximate surface area is 196 Å². The largest absolute Gasteiger partial charge is 0.493 e. The molecule has 1 heterocycles. The second kappa shape index (κ2) is 12.0. The van der Waals surface area contributed by atoms with Crippen molar-refractivity contribution in [1.82, 2.24) is 15.8 Å². The molecule has 2 N–H and O–H groups in total. The van der Waals surface area contributed by atoms with Crippen LogP contribution in [-0.4, -0.2) is 37.9 Å². The SMILES string of the molecule is CN=C(NCCc1c(C)noc1C)NCc1cccc(OC)c1OC1CCCC1.I. The van der Waals surface area contributed by atoms with Crippen LogP contribution in [0.2, 0.25) is 0 Å². The zero-order valence-electron chi connectivity index (χ0n) is 18.3. The van der Waals surface area contributed by atoms with Crippen molar-refractivity contribution in [2.24, 2.45) is 4.99 Å². The zero-order valence-corrected chi connectivity index (χ0v) is 20.6. The van der Waals surface area contributed by atoms with E-state index >= 15 is 0 Å². The molecule has 0 aliphatic heterocycles. The summed E-state index contributed by atoms with van der Waals surface area (Å²) in [6.07, 6.45) is 5.78. The van der Waals surface area contributed by atoms with E-state index in [2.05, 4.69) is 26.8 Å². The first-order valence-electron chi connectivity index (χ1n) is 10.3. The Bertz CT molecular complexity index is 812. The highest BCUT2D eigenvalue weighted by Crippen LogP contribution is 2.34. The van der Waals surface area contributed by atoms with E-state index in [-0.39, 0.29) is 30.1 Å². The lowest BCUT2D eigenvalue weighted by molar-refractivity contribution is 0.198. The van der Waals surface area contributed by atoms with Gasteiger partial charge in [0.25, 0.3) is 0 Å². The van der Waals surface area contributed by atoms with E-state index in [0.29, 0.717) is 6.54 Å². The number of hydrogen-bond donors (Lipinski definition) is 2. The van der Waals surface area contributed by atoms with Gasteiger partial charge in [-0.15, -0.1) is 24.0 Å². The molecule has 7 nitrogen and oxygen atoms in total. The lowest BCUT2D eigenvalue weighted by Crippen LogP contribution is -2.38. The van der Waals surface area contributed by atoms with Gasteiger partial charge in [0.2, 0.25) is 0 Å². The van der Waals surface area contributed by atoms with Gasteiger partial charge in [0.15, 0.2) is 17.5 Å². The Hall–Kier alpha value is -1.97. The number of aryl methyl sites for hydroxylation is 2. The first kappa shape index (κ1) is 24.3. The second-order valence-electron chi connectivity index (χ2n) is 7.38. The third-order valence-corrected chi connectivity index (χ3v) is 5.39. The van der Waals surface area contributed by atoms with Gasteiger partial charge in [-0.2, -0.15) is 0 Å². The van der Waals surface area contributed by atoms with E-state index in [1.807, 2.05) is 26.0 Å². The Morgan fingerprint density at radius 3 is 2.63 bits per heavy atom. The number of benzene rings is 1. The maximum Gasteiger partial charge on any atom is 0.191 e. The molecule has 1 aliphatic carbocycles. The number of aliphatic imine (C=N–C) groups is 1. The van der Waals surface area contributed by atoms with Gasteiger partial charge in [0, 0.05) is 31.3 Å². The van der Waals surface area contributed by atoms with Crippen molar-refractivity contribution in [2.75, 3.05) is 20.7 Å². The number of rotatable bonds is 8. The summed E-state index contributed by atoms with van der Waals surface area (Å²) >= 11 is 0. The molecule has 2 aromatic rings. The fourth-order valence-corrected chi connectivity index (χ4v) is 3.73. The quantitative estimate of drug-likeness (QED) is 0.305. The molecule has 1 aromatic heterocycles. The zero-order chi connectivity index (χ0) is 20.6. The number of para-hydroxylation sites is 1. The molecular weight excluding hydrogens is 495 g/mol. The molecule has 0 radical (unpaired) electrons. The Kier molecular flexibility index (Phi) is 9.74. The molecule has 0 unspecified atom stereocenters. The van der Waals surface area contributed by atoms with Gasteiger partial charge >= 0.3 is 0 Å². The number of ether oxygens (including phenoxy) is 2. The summed E-state index contributed by atoms with van der Waals surface area (Å²) in [6, 6.07) is 6.01. The van der Waals surface area contributed by atoms with Crippen LogP contribution in [-0.2, 0) is 13.0 Å². The highest BCUT2D eigenvalue weighted by atomic mass is 127. The van der Waals surface area contributed by atoms with Crippen molar-refractivity contribution < 1.29 is 14.0 Å². The molecule has 1 saturated carbocycles. The third kappa shape index (κ3) is 6.26. The van der Waals surface area contributed by atoms with E-state index in [1.54, 1.807) is 14.2 Å². The van der Waals surface area contributed by atoms with E-state index in [0.717, 1.165) is 65.8 Å². The topological polar surface area (TPSA) is 80.9 Å². The summed E-state index contributed by atoms with van der Waals surface area (Å²) in [6.45, 7) is 5.25. The average molecular weight is 528 g/mol. The smallest absolute Gasteiger partial charge is 0.191 e. The van der Waals surface area contributed by atoms with Crippen LogP contribution in [0.3, 0.4) is 0 Å². The molecule has 1 aromatic carbocycles. The van der Waals surface area contributed by atoms with Crippen molar-refractivity contribution in [3.05, 3.63) is 40.8 Å². The lowest BCUT2D eigenvalue weighted by atomic mass is 10.1. The average Bonchev–Trinajstić information content (AvgIpc) is 3.36. The standard InChI is InChI=1S/C22H32N4O3.HI/c1-15-19(16(2)29-26-15)12-13-24-22(23-3)25-14-17-8-7-11-20(27-4)21(17)28-18-9-5-6-10-18;/h7-8,11,18H,5-6,9-10,12-14H2,1-4H3,(H2,23,24,25);1H. The van der Waals surface area contributed by atoms with Crippen LogP contribution in [0.4, 0.5) is 0 Å². The van der Waals surface area contributed by atoms with Crippen LogP contribution >= 0.6 is 24.0 Å². The summed E-state index contributed by atoms with van der Waals surface area (Å²) in [5.41, 5.74) is 3.15. The van der Waals surface area contributed by atoms with E-state index < -0.39 is 0 Å². The molecule has 8 heteroatoms. The summed E-state index contributed by atoms with van der Waals surface area (Å²) in [7, 11) is 3.45. The molecule has 0 amide bonds. The number of hydrogen-bond acceptors (Lipinski definition) is 5. The highest BCUT2D eigenvalue weighted by Gasteiger charge is 2.20. The fourth-order valence-electron chi connectivity index (χ4n) is 3.73. The van der Waals surface area contributed by atoms with Crippen LogP contribution in [0.1, 0.15) is 48.3 Å². The molecule has 1 aliphatic rings. The summed E-state index contributed by atoms with van der Waals surface area (Å²) in [4.78, 5) is 4.33. The first-order valence-corrected chi connectivity index (χ1v) is 10.3. The summed E-state index contributed by atoms with van der Waals surface area (Å²) in [5, 5.41) is 10.7. The maximum absolute atomic E-state index is 6.31. The minimum absolute atomic E-state index is 0. The highest BCUT2D eigenvalue weighted by molar-refractivity contribution is 14.0. The Morgan fingerprint density at radius 2 is 2.00 bits per heavy atom. The van der Waals surface area contributed by atoms with Crippen LogP contribution in [0.15, 0.2) is 27.7 Å². The molecule has 0 spiro atoms. The molecule has 0 atom stereocenters. The number of halogens is 1. The van der Waals surface area contributed by atoms with Gasteiger partial charge in [0.1, 0.15) is 5.76 Å². The van der Waals surface area contributed by atoms with Gasteiger partial charge in [-0.05, 0) is 52.0 Å². The molecule has 0 saturated heterocycles. The van der Waals surface area contributed by atoms with E-state index in [4.69, 9.17) is 14.0 Å². The van der Waals surface area contributed by atoms with Gasteiger partial charge < -0.3 is 24.6 Å². The number of aromatic nitrogens is 1. The maximum atomic E-state index is 6.31. The number of nitrogens with one attached hydrogen (secondary N) is 2. The minimum Gasteiger partial charge on any atom is -0.493 e. The Morgan fingerprint density at radius 1 is 1.23 bits per heavy atom. The molecule has 0 bridgehead atoms. The number of nitrogens with zero attached hydrogens (tertiary/aromatic N) is 2. The van der Waals surface area contributed by atoms with Gasteiger partial charge in [0.05, 0.1) is 18.9 Å². The van der Waals surface area contributed by atoms with Crippen LogP contribution in [0.5, 0.6) is 11.5 Å². The van der Waals surface area contributed by atoms with Crippen LogP contribution in [0, 0.1) is 13.8 Å². The van der Waals surface area contributed by atoms with E-state index in [9.17, 15) is 0 Å². The lowest BCUT2D eigenvalue weighted by Gasteiger charge is -2.20. The van der Waals surface area contributed by atoms with Crippen molar-refractivity contribution in [1.29, 1.82) is 0 Å². The fraction of sp³-hybridized carbons (Fsp3) is 0.545. The number of guanidine groups is 1.